The molecule has 0 aliphatic carbocycles. The molecule has 1 fully saturated rings. The molecule has 1 heterocycles. The lowest BCUT2D eigenvalue weighted by atomic mass is 9.97. The largest absolute Gasteiger partial charge is 0.508 e. The molecule has 0 bridgehead atoms. The first kappa shape index (κ1) is 15.3. The number of likely N-dealkylation sites (tertiary alicyclic amines) is 1. The summed E-state index contributed by atoms with van der Waals surface area (Å²) in [5, 5.41) is 18.0. The fraction of sp³-hybridized carbons (Fsp3) is 0.467. The maximum Gasteiger partial charge on any atom is 0.303 e. The molecule has 2 rings (SSSR count). The number of carboxylic acid groups (broad SMARTS) is 1. The third-order valence-corrected chi connectivity index (χ3v) is 3.76. The maximum absolute atomic E-state index is 13.8. The molecule has 1 unspecified atom stereocenters. The van der Waals surface area contributed by atoms with Gasteiger partial charge in [0.2, 0.25) is 0 Å². The van der Waals surface area contributed by atoms with Crippen molar-refractivity contribution in [2.24, 2.45) is 0 Å². The van der Waals surface area contributed by atoms with Crippen LogP contribution in [0.25, 0.3) is 0 Å². The van der Waals surface area contributed by atoms with E-state index in [4.69, 9.17) is 5.11 Å². The summed E-state index contributed by atoms with van der Waals surface area (Å²) in [6, 6.07) is 3.27. The Kier molecular flexibility index (Phi) is 4.77. The molecule has 0 saturated carbocycles. The number of carbonyl (C=O) groups excluding carboxylic acids is 1. The van der Waals surface area contributed by atoms with Gasteiger partial charge in [-0.25, -0.2) is 4.39 Å². The van der Waals surface area contributed by atoms with Crippen LogP contribution in [0.2, 0.25) is 0 Å². The summed E-state index contributed by atoms with van der Waals surface area (Å²) in [4.78, 5) is 24.7. The fourth-order valence-corrected chi connectivity index (χ4v) is 2.69. The second kappa shape index (κ2) is 6.56. The third-order valence-electron chi connectivity index (χ3n) is 3.76. The predicted molar refractivity (Wildman–Crippen MR) is 73.6 cm³/mol. The van der Waals surface area contributed by atoms with Gasteiger partial charge in [-0.1, -0.05) is 0 Å². The summed E-state index contributed by atoms with van der Waals surface area (Å²) >= 11 is 0. The van der Waals surface area contributed by atoms with Crippen molar-refractivity contribution in [2.45, 2.75) is 38.1 Å². The Bertz CT molecular complexity index is 546. The van der Waals surface area contributed by atoms with Gasteiger partial charge in [0.25, 0.3) is 5.91 Å². The molecule has 0 spiro atoms. The number of rotatable bonds is 4. The summed E-state index contributed by atoms with van der Waals surface area (Å²) in [6.45, 7) is 0.503. The van der Waals surface area contributed by atoms with Gasteiger partial charge >= 0.3 is 5.97 Å². The lowest BCUT2D eigenvalue weighted by Gasteiger charge is -2.35. The Labute approximate surface area is 122 Å². The van der Waals surface area contributed by atoms with Crippen LogP contribution in [0.15, 0.2) is 18.2 Å². The van der Waals surface area contributed by atoms with Crippen LogP contribution in [-0.4, -0.2) is 39.6 Å². The van der Waals surface area contributed by atoms with Gasteiger partial charge in [0.15, 0.2) is 0 Å². The summed E-state index contributed by atoms with van der Waals surface area (Å²) < 4.78 is 13.8. The molecule has 1 aromatic rings. The molecule has 21 heavy (non-hydrogen) atoms. The highest BCUT2D eigenvalue weighted by molar-refractivity contribution is 5.95. The van der Waals surface area contributed by atoms with Crippen molar-refractivity contribution in [1.29, 1.82) is 0 Å². The first-order valence-corrected chi connectivity index (χ1v) is 7.00. The number of aromatic hydroxyl groups is 1. The van der Waals surface area contributed by atoms with Gasteiger partial charge in [0, 0.05) is 25.1 Å². The normalized spacial score (nSPS) is 18.5. The Morgan fingerprint density at radius 1 is 1.33 bits per heavy atom. The van der Waals surface area contributed by atoms with E-state index in [1.807, 2.05) is 0 Å². The van der Waals surface area contributed by atoms with Crippen molar-refractivity contribution in [1.82, 2.24) is 4.90 Å². The minimum atomic E-state index is -0.899. The predicted octanol–water partition coefficient (Wildman–Crippen LogP) is 2.39. The SMILES string of the molecule is O=C(O)CCC1CCCCN1C(=O)c1ccc(O)cc1F. The fourth-order valence-electron chi connectivity index (χ4n) is 2.69. The van der Waals surface area contributed by atoms with Crippen LogP contribution in [0.1, 0.15) is 42.5 Å². The van der Waals surface area contributed by atoms with Crippen molar-refractivity contribution >= 4 is 11.9 Å². The quantitative estimate of drug-likeness (QED) is 0.894. The van der Waals surface area contributed by atoms with Gasteiger partial charge in [-0.05, 0) is 37.8 Å². The highest BCUT2D eigenvalue weighted by atomic mass is 19.1. The summed E-state index contributed by atoms with van der Waals surface area (Å²) in [7, 11) is 0. The topological polar surface area (TPSA) is 77.8 Å². The number of amides is 1. The van der Waals surface area contributed by atoms with Crippen LogP contribution in [0.5, 0.6) is 5.75 Å². The number of halogens is 1. The number of nitrogens with zero attached hydrogens (tertiary/aromatic N) is 1. The minimum absolute atomic E-state index is 0.00743. The average Bonchev–Trinajstić information content (AvgIpc) is 2.45. The Balaban J connectivity index is 2.16. The zero-order chi connectivity index (χ0) is 15.4. The van der Waals surface area contributed by atoms with Crippen molar-refractivity contribution < 1.29 is 24.2 Å². The zero-order valence-corrected chi connectivity index (χ0v) is 11.6. The number of phenols is 1. The Morgan fingerprint density at radius 2 is 2.10 bits per heavy atom. The van der Waals surface area contributed by atoms with Crippen LogP contribution in [0, 0.1) is 5.82 Å². The monoisotopic (exact) mass is 295 g/mol. The van der Waals surface area contributed by atoms with Crippen LogP contribution < -0.4 is 0 Å². The molecule has 5 nitrogen and oxygen atoms in total. The molecule has 0 aromatic heterocycles. The molecule has 2 N–H and O–H groups in total. The Morgan fingerprint density at radius 3 is 2.76 bits per heavy atom. The maximum atomic E-state index is 13.8. The van der Waals surface area contributed by atoms with Gasteiger partial charge < -0.3 is 15.1 Å². The molecular formula is C15H18FNO4. The van der Waals surface area contributed by atoms with E-state index in [2.05, 4.69) is 0 Å². The van der Waals surface area contributed by atoms with Crippen LogP contribution in [-0.2, 0) is 4.79 Å². The Hall–Kier alpha value is -2.11. The minimum Gasteiger partial charge on any atom is -0.508 e. The van der Waals surface area contributed by atoms with E-state index in [-0.39, 0.29) is 23.8 Å². The van der Waals surface area contributed by atoms with Crippen molar-refractivity contribution in [2.75, 3.05) is 6.54 Å². The highest BCUT2D eigenvalue weighted by Gasteiger charge is 2.29. The molecule has 114 valence electrons. The molecule has 1 amide bonds. The third kappa shape index (κ3) is 3.71. The standard InChI is InChI=1S/C15H18FNO4/c16-13-9-11(18)5-6-12(13)15(21)17-8-2-1-3-10(17)4-7-14(19)20/h5-6,9-10,18H,1-4,7-8H2,(H,19,20). The number of aliphatic carboxylic acids is 1. The number of hydrogen-bond donors (Lipinski definition) is 2. The average molecular weight is 295 g/mol. The molecule has 1 aliphatic heterocycles. The molecule has 1 aromatic carbocycles. The van der Waals surface area contributed by atoms with Crippen LogP contribution >= 0.6 is 0 Å². The lowest BCUT2D eigenvalue weighted by Crippen LogP contribution is -2.44. The van der Waals surface area contributed by atoms with Gasteiger partial charge in [0.05, 0.1) is 5.56 Å². The first-order chi connectivity index (χ1) is 9.99. The number of phenolic OH excluding ortho intramolecular Hbond substituents is 1. The van der Waals surface area contributed by atoms with E-state index in [9.17, 15) is 19.1 Å². The zero-order valence-electron chi connectivity index (χ0n) is 11.6. The number of carboxylic acids is 1. The van der Waals surface area contributed by atoms with Crippen LogP contribution in [0.3, 0.4) is 0 Å². The molecular weight excluding hydrogens is 277 g/mol. The second-order valence-electron chi connectivity index (χ2n) is 5.24. The lowest BCUT2D eigenvalue weighted by molar-refractivity contribution is -0.137. The van der Waals surface area contributed by atoms with Gasteiger partial charge in [-0.3, -0.25) is 9.59 Å². The molecule has 1 saturated heterocycles. The summed E-state index contributed by atoms with van der Waals surface area (Å²) in [6.07, 6.45) is 2.87. The second-order valence-corrected chi connectivity index (χ2v) is 5.24. The van der Waals surface area contributed by atoms with Gasteiger partial charge in [-0.2, -0.15) is 0 Å². The van der Waals surface area contributed by atoms with E-state index in [1.165, 1.54) is 12.1 Å². The number of carbonyl (C=O) groups is 2. The molecule has 0 radical (unpaired) electrons. The number of piperidine rings is 1. The summed E-state index contributed by atoms with van der Waals surface area (Å²) in [5.41, 5.74) is -0.0879. The highest BCUT2D eigenvalue weighted by Crippen LogP contribution is 2.25. The van der Waals surface area contributed by atoms with Crippen molar-refractivity contribution in [3.05, 3.63) is 29.6 Å². The number of hydrogen-bond acceptors (Lipinski definition) is 3. The van der Waals surface area contributed by atoms with E-state index >= 15 is 0 Å². The summed E-state index contributed by atoms with van der Waals surface area (Å²) in [5.74, 6) is -2.33. The molecule has 6 heteroatoms. The van der Waals surface area contributed by atoms with Crippen molar-refractivity contribution in [3.63, 3.8) is 0 Å². The number of benzene rings is 1. The van der Waals surface area contributed by atoms with Gasteiger partial charge in [0.1, 0.15) is 11.6 Å². The van der Waals surface area contributed by atoms with E-state index < -0.39 is 17.7 Å². The van der Waals surface area contributed by atoms with Gasteiger partial charge in [-0.15, -0.1) is 0 Å². The van der Waals surface area contributed by atoms with E-state index in [0.29, 0.717) is 13.0 Å². The smallest absolute Gasteiger partial charge is 0.303 e. The van der Waals surface area contributed by atoms with E-state index in [1.54, 1.807) is 4.90 Å². The molecule has 1 atom stereocenters. The first-order valence-electron chi connectivity index (χ1n) is 7.00. The van der Waals surface area contributed by atoms with E-state index in [0.717, 1.165) is 25.3 Å². The van der Waals surface area contributed by atoms with Crippen molar-refractivity contribution in [3.8, 4) is 5.75 Å². The van der Waals surface area contributed by atoms with Crippen LogP contribution in [0.4, 0.5) is 4.39 Å². The molecule has 1 aliphatic rings.